The molecule has 0 saturated carbocycles. The van der Waals surface area contributed by atoms with Crippen molar-refractivity contribution < 1.29 is 19.0 Å². The Balaban J connectivity index is 1.82. The number of imidazole rings is 1. The molecule has 0 amide bonds. The van der Waals surface area contributed by atoms with E-state index in [0.29, 0.717) is 5.69 Å². The van der Waals surface area contributed by atoms with Gasteiger partial charge in [-0.1, -0.05) is 51.1 Å². The van der Waals surface area contributed by atoms with E-state index in [1.165, 1.54) is 4.57 Å². The van der Waals surface area contributed by atoms with Gasteiger partial charge in [0, 0.05) is 17.7 Å². The molecular weight excluding hydrogens is 500 g/mol. The average molecular weight is 539 g/mol. The SMILES string of the molecule is CC(C)(C)OC(=O)COCCOCCn1c(=O)/c(=C/c2nc[nH]c2C(C)(C)C)[nH]c(=O)/c1=C/c1ccccc1. The minimum absolute atomic E-state index is 0.128. The standard InChI is InChI=1S/C29H38N4O6/c1-28(2,3)25-21(30-19-31-25)17-22-27(36)33(23(26(35)32-22)16-20-10-8-7-9-11-20)12-13-37-14-15-38-18-24(34)39-29(4,5)6/h7-11,16-17,19H,12-15,18H2,1-6H3,(H,30,31)(H,32,35)/b22-17-,23-16-. The predicted octanol–water partition coefficient (Wildman–Crippen LogP) is 1.59. The summed E-state index contributed by atoms with van der Waals surface area (Å²) in [5.74, 6) is -0.450. The number of nitrogens with zero attached hydrogens (tertiary/aromatic N) is 2. The van der Waals surface area contributed by atoms with Crippen LogP contribution in [0.15, 0.2) is 46.2 Å². The molecule has 0 fully saturated rings. The number of ether oxygens (including phenoxy) is 3. The van der Waals surface area contributed by atoms with Gasteiger partial charge in [0.25, 0.3) is 11.1 Å². The van der Waals surface area contributed by atoms with E-state index < -0.39 is 17.1 Å². The normalized spacial score (nSPS) is 13.2. The summed E-state index contributed by atoms with van der Waals surface area (Å²) in [5.41, 5.74) is 0.633. The first-order valence-electron chi connectivity index (χ1n) is 12.9. The van der Waals surface area contributed by atoms with Crippen molar-refractivity contribution in [1.82, 2.24) is 19.5 Å². The molecule has 0 unspecified atom stereocenters. The van der Waals surface area contributed by atoms with Gasteiger partial charge < -0.3 is 24.2 Å². The Bertz CT molecular complexity index is 1490. The second-order valence-electron chi connectivity index (χ2n) is 11.1. The van der Waals surface area contributed by atoms with Crippen molar-refractivity contribution in [3.63, 3.8) is 0 Å². The number of carbonyl (C=O) groups excluding carboxylic acids is 1. The van der Waals surface area contributed by atoms with E-state index >= 15 is 0 Å². The third-order valence-electron chi connectivity index (χ3n) is 5.52. The molecule has 3 rings (SSSR count). The minimum atomic E-state index is -0.575. The molecule has 10 heteroatoms. The van der Waals surface area contributed by atoms with Gasteiger partial charge in [0.05, 0.1) is 31.8 Å². The van der Waals surface area contributed by atoms with E-state index in [1.807, 2.05) is 51.1 Å². The predicted molar refractivity (Wildman–Crippen MR) is 149 cm³/mol. The molecule has 0 atom stereocenters. The van der Waals surface area contributed by atoms with Gasteiger partial charge in [0.1, 0.15) is 22.9 Å². The number of benzene rings is 1. The highest BCUT2D eigenvalue weighted by Crippen LogP contribution is 2.22. The number of rotatable bonds is 10. The molecule has 3 aromatic rings. The van der Waals surface area contributed by atoms with Crippen molar-refractivity contribution >= 4 is 18.1 Å². The first kappa shape index (κ1) is 29.8. The van der Waals surface area contributed by atoms with Gasteiger partial charge in [0.2, 0.25) is 0 Å². The van der Waals surface area contributed by atoms with Crippen molar-refractivity contribution in [3.05, 3.63) is 85.0 Å². The van der Waals surface area contributed by atoms with Crippen LogP contribution in [0.2, 0.25) is 0 Å². The largest absolute Gasteiger partial charge is 0.458 e. The number of nitrogens with one attached hydrogen (secondary N) is 2. The van der Waals surface area contributed by atoms with E-state index in [2.05, 4.69) is 15.0 Å². The van der Waals surface area contributed by atoms with Crippen LogP contribution in [0.5, 0.6) is 0 Å². The highest BCUT2D eigenvalue weighted by Gasteiger charge is 2.19. The lowest BCUT2D eigenvalue weighted by molar-refractivity contribution is -0.160. The smallest absolute Gasteiger partial charge is 0.332 e. The molecule has 0 radical (unpaired) electrons. The molecule has 1 aromatic carbocycles. The van der Waals surface area contributed by atoms with E-state index in [-0.39, 0.29) is 54.6 Å². The third kappa shape index (κ3) is 8.90. The molecule has 0 aliphatic heterocycles. The number of aromatic nitrogens is 4. The van der Waals surface area contributed by atoms with Gasteiger partial charge in [-0.05, 0) is 38.5 Å². The second kappa shape index (κ2) is 12.9. The van der Waals surface area contributed by atoms with Crippen LogP contribution >= 0.6 is 0 Å². The maximum absolute atomic E-state index is 13.5. The van der Waals surface area contributed by atoms with Crippen LogP contribution in [-0.4, -0.2) is 57.5 Å². The average Bonchev–Trinajstić information content (AvgIpc) is 3.31. The Morgan fingerprint density at radius 2 is 1.67 bits per heavy atom. The summed E-state index contributed by atoms with van der Waals surface area (Å²) in [6.07, 6.45) is 4.83. The maximum Gasteiger partial charge on any atom is 0.332 e. The molecule has 2 heterocycles. The summed E-state index contributed by atoms with van der Waals surface area (Å²) in [7, 11) is 0. The highest BCUT2D eigenvalue weighted by atomic mass is 16.6. The van der Waals surface area contributed by atoms with Crippen LogP contribution in [0, 0.1) is 0 Å². The Hall–Kier alpha value is -3.76. The number of hydrogen-bond acceptors (Lipinski definition) is 7. The van der Waals surface area contributed by atoms with Gasteiger partial charge in [-0.15, -0.1) is 0 Å². The molecule has 0 aliphatic rings. The van der Waals surface area contributed by atoms with Crippen LogP contribution in [0.1, 0.15) is 58.5 Å². The molecule has 10 nitrogen and oxygen atoms in total. The van der Waals surface area contributed by atoms with Gasteiger partial charge in [-0.25, -0.2) is 9.78 Å². The molecule has 39 heavy (non-hydrogen) atoms. The summed E-state index contributed by atoms with van der Waals surface area (Å²) in [5, 5.41) is 0.342. The fourth-order valence-electron chi connectivity index (χ4n) is 3.84. The first-order valence-corrected chi connectivity index (χ1v) is 12.9. The maximum atomic E-state index is 13.5. The fraction of sp³-hybridized carbons (Fsp3) is 0.448. The topological polar surface area (TPSA) is 128 Å². The van der Waals surface area contributed by atoms with E-state index in [9.17, 15) is 14.4 Å². The van der Waals surface area contributed by atoms with Crippen molar-refractivity contribution in [1.29, 1.82) is 0 Å². The van der Waals surface area contributed by atoms with Crippen LogP contribution in [0.25, 0.3) is 12.2 Å². The van der Waals surface area contributed by atoms with Crippen LogP contribution < -0.4 is 21.8 Å². The summed E-state index contributed by atoms with van der Waals surface area (Å²) in [6, 6.07) is 9.30. The number of esters is 1. The minimum Gasteiger partial charge on any atom is -0.458 e. The molecule has 0 spiro atoms. The van der Waals surface area contributed by atoms with Crippen molar-refractivity contribution in [2.24, 2.45) is 0 Å². The lowest BCUT2D eigenvalue weighted by Crippen LogP contribution is -2.53. The highest BCUT2D eigenvalue weighted by molar-refractivity contribution is 5.71. The summed E-state index contributed by atoms with van der Waals surface area (Å²) in [6.45, 7) is 12.0. The van der Waals surface area contributed by atoms with Crippen LogP contribution in [-0.2, 0) is 31.0 Å². The number of H-pyrrole nitrogens is 2. The van der Waals surface area contributed by atoms with Gasteiger partial charge in [0.15, 0.2) is 0 Å². The van der Waals surface area contributed by atoms with Crippen molar-refractivity contribution in [2.75, 3.05) is 26.4 Å². The van der Waals surface area contributed by atoms with E-state index in [0.717, 1.165) is 11.3 Å². The van der Waals surface area contributed by atoms with Crippen molar-refractivity contribution in [2.45, 2.75) is 59.1 Å². The Kier molecular flexibility index (Phi) is 9.82. The summed E-state index contributed by atoms with van der Waals surface area (Å²) < 4.78 is 17.6. The molecule has 0 aliphatic carbocycles. The molecule has 0 bridgehead atoms. The monoisotopic (exact) mass is 538 g/mol. The number of aromatic amines is 2. The Labute approximate surface area is 227 Å². The summed E-state index contributed by atoms with van der Waals surface area (Å²) >= 11 is 0. The Morgan fingerprint density at radius 3 is 2.33 bits per heavy atom. The van der Waals surface area contributed by atoms with Crippen LogP contribution in [0.3, 0.4) is 0 Å². The van der Waals surface area contributed by atoms with Crippen LogP contribution in [0.4, 0.5) is 0 Å². The molecule has 0 saturated heterocycles. The van der Waals surface area contributed by atoms with Gasteiger partial charge in [-0.2, -0.15) is 0 Å². The summed E-state index contributed by atoms with van der Waals surface area (Å²) in [4.78, 5) is 48.7. The van der Waals surface area contributed by atoms with E-state index in [4.69, 9.17) is 14.2 Å². The molecule has 210 valence electrons. The Morgan fingerprint density at radius 1 is 0.974 bits per heavy atom. The fourth-order valence-corrected chi connectivity index (χ4v) is 3.84. The zero-order chi connectivity index (χ0) is 28.6. The quantitative estimate of drug-likeness (QED) is 0.296. The zero-order valence-electron chi connectivity index (χ0n) is 23.5. The lowest BCUT2D eigenvalue weighted by Gasteiger charge is -2.19. The number of carbonyl (C=O) groups is 1. The lowest BCUT2D eigenvalue weighted by atomic mass is 9.90. The molecule has 2 N–H and O–H groups in total. The molecule has 2 aromatic heterocycles. The first-order chi connectivity index (χ1) is 18.3. The number of hydrogen-bond donors (Lipinski definition) is 2. The zero-order valence-corrected chi connectivity index (χ0v) is 23.5. The second-order valence-corrected chi connectivity index (χ2v) is 11.1. The van der Waals surface area contributed by atoms with Gasteiger partial charge >= 0.3 is 5.97 Å². The van der Waals surface area contributed by atoms with E-state index in [1.54, 1.807) is 39.3 Å². The van der Waals surface area contributed by atoms with Crippen molar-refractivity contribution in [3.8, 4) is 0 Å². The third-order valence-corrected chi connectivity index (χ3v) is 5.52. The van der Waals surface area contributed by atoms with Gasteiger partial charge in [-0.3, -0.25) is 14.2 Å². The molecular formula is C29H38N4O6.